The molecule has 28 heavy (non-hydrogen) atoms. The number of fused-ring (bicyclic) bond motifs is 1. The van der Waals surface area contributed by atoms with Gasteiger partial charge in [-0.05, 0) is 54.8 Å². The minimum Gasteiger partial charge on any atom is -0.454 e. The summed E-state index contributed by atoms with van der Waals surface area (Å²) in [7, 11) is 0. The second-order valence-corrected chi connectivity index (χ2v) is 7.29. The number of amides is 1. The Balaban J connectivity index is 1.31. The topological polar surface area (TPSA) is 74.6 Å². The summed E-state index contributed by atoms with van der Waals surface area (Å²) < 4.78 is 10.7. The van der Waals surface area contributed by atoms with Crippen LogP contribution in [0.3, 0.4) is 0 Å². The van der Waals surface area contributed by atoms with Crippen molar-refractivity contribution in [3.63, 3.8) is 0 Å². The van der Waals surface area contributed by atoms with Gasteiger partial charge in [-0.2, -0.15) is 5.26 Å². The van der Waals surface area contributed by atoms with Crippen molar-refractivity contribution in [3.8, 4) is 17.6 Å². The van der Waals surface area contributed by atoms with Crippen LogP contribution in [-0.4, -0.2) is 30.7 Å². The predicted octanol–water partition coefficient (Wildman–Crippen LogP) is 2.82. The molecule has 2 heterocycles. The van der Waals surface area contributed by atoms with Crippen LogP contribution < -0.4 is 14.8 Å². The van der Waals surface area contributed by atoms with Gasteiger partial charge in [0.1, 0.15) is 0 Å². The highest BCUT2D eigenvalue weighted by Gasteiger charge is 2.25. The maximum Gasteiger partial charge on any atom is 0.231 e. The third-order valence-corrected chi connectivity index (χ3v) is 5.24. The highest BCUT2D eigenvalue weighted by molar-refractivity contribution is 5.79. The largest absolute Gasteiger partial charge is 0.454 e. The molecule has 2 aliphatic heterocycles. The minimum atomic E-state index is -0.0121. The molecule has 144 valence electrons. The number of carbonyl (C=O) groups is 1. The van der Waals surface area contributed by atoms with Crippen LogP contribution in [0, 0.1) is 17.2 Å². The van der Waals surface area contributed by atoms with Gasteiger partial charge in [-0.1, -0.05) is 18.2 Å². The Morgan fingerprint density at radius 2 is 2.07 bits per heavy atom. The number of nitrogens with one attached hydrogen (secondary N) is 1. The molecule has 1 fully saturated rings. The summed E-state index contributed by atoms with van der Waals surface area (Å²) in [5.74, 6) is 1.56. The number of benzene rings is 2. The molecule has 0 radical (unpaired) electrons. The van der Waals surface area contributed by atoms with Crippen LogP contribution in [0.5, 0.6) is 11.5 Å². The lowest BCUT2D eigenvalue weighted by Crippen LogP contribution is -2.42. The smallest absolute Gasteiger partial charge is 0.231 e. The quantitative estimate of drug-likeness (QED) is 0.867. The molecule has 0 saturated carbocycles. The third kappa shape index (κ3) is 4.26. The summed E-state index contributed by atoms with van der Waals surface area (Å²) in [5, 5.41) is 12.1. The van der Waals surface area contributed by atoms with Crippen molar-refractivity contribution >= 4 is 5.91 Å². The minimum absolute atomic E-state index is 0.0121. The third-order valence-electron chi connectivity index (χ3n) is 5.24. The SMILES string of the molecule is N#Cc1cccc(CN2CCCC(C(=O)NCc3ccc4c(c3)OCO4)C2)c1. The number of nitrogens with zero attached hydrogens (tertiary/aromatic N) is 2. The van der Waals surface area contributed by atoms with Crippen LogP contribution in [0.15, 0.2) is 42.5 Å². The van der Waals surface area contributed by atoms with Gasteiger partial charge in [0.05, 0.1) is 17.6 Å². The summed E-state index contributed by atoms with van der Waals surface area (Å²) in [6, 6.07) is 15.6. The zero-order valence-corrected chi connectivity index (χ0v) is 15.7. The number of nitriles is 1. The highest BCUT2D eigenvalue weighted by atomic mass is 16.7. The molecule has 6 nitrogen and oxygen atoms in total. The van der Waals surface area contributed by atoms with Crippen molar-refractivity contribution < 1.29 is 14.3 Å². The molecular formula is C22H23N3O3. The molecule has 2 aromatic carbocycles. The molecule has 2 aromatic rings. The Hall–Kier alpha value is -3.04. The average Bonchev–Trinajstić information content (AvgIpc) is 3.20. The van der Waals surface area contributed by atoms with Crippen molar-refractivity contribution in [2.45, 2.75) is 25.9 Å². The summed E-state index contributed by atoms with van der Waals surface area (Å²) >= 11 is 0. The molecule has 1 unspecified atom stereocenters. The number of ether oxygens (including phenoxy) is 2. The van der Waals surface area contributed by atoms with Gasteiger partial charge in [-0.25, -0.2) is 0 Å². The Morgan fingerprint density at radius 1 is 1.18 bits per heavy atom. The molecule has 0 bridgehead atoms. The van der Waals surface area contributed by atoms with E-state index in [0.717, 1.165) is 55.1 Å². The lowest BCUT2D eigenvalue weighted by molar-refractivity contribution is -0.126. The van der Waals surface area contributed by atoms with E-state index in [1.54, 1.807) is 0 Å². The number of piperidine rings is 1. The van der Waals surface area contributed by atoms with Gasteiger partial charge in [0.2, 0.25) is 12.7 Å². The first-order valence-corrected chi connectivity index (χ1v) is 9.59. The second-order valence-electron chi connectivity index (χ2n) is 7.29. The van der Waals surface area contributed by atoms with Gasteiger partial charge in [0.25, 0.3) is 0 Å². The van der Waals surface area contributed by atoms with E-state index in [-0.39, 0.29) is 18.6 Å². The van der Waals surface area contributed by atoms with Crippen LogP contribution >= 0.6 is 0 Å². The maximum atomic E-state index is 12.7. The molecule has 4 rings (SSSR count). The Labute approximate surface area is 164 Å². The number of hydrogen-bond donors (Lipinski definition) is 1. The van der Waals surface area contributed by atoms with Gasteiger partial charge in [0, 0.05) is 19.6 Å². The molecule has 6 heteroatoms. The molecule has 1 N–H and O–H groups in total. The molecule has 1 atom stereocenters. The zero-order valence-electron chi connectivity index (χ0n) is 15.7. The number of hydrogen-bond acceptors (Lipinski definition) is 5. The molecule has 1 amide bonds. The summed E-state index contributed by atoms with van der Waals surface area (Å²) in [6.45, 7) is 3.21. The molecule has 0 aromatic heterocycles. The van der Waals surface area contributed by atoms with E-state index in [1.165, 1.54) is 0 Å². The monoisotopic (exact) mass is 377 g/mol. The van der Waals surface area contributed by atoms with Crippen molar-refractivity contribution in [1.29, 1.82) is 5.26 Å². The number of likely N-dealkylation sites (tertiary alicyclic amines) is 1. The van der Waals surface area contributed by atoms with Crippen LogP contribution in [0.4, 0.5) is 0 Å². The van der Waals surface area contributed by atoms with E-state index in [9.17, 15) is 4.79 Å². The first-order chi connectivity index (χ1) is 13.7. The van der Waals surface area contributed by atoms with Crippen molar-refractivity contribution in [3.05, 3.63) is 59.2 Å². The predicted molar refractivity (Wildman–Crippen MR) is 104 cm³/mol. The van der Waals surface area contributed by atoms with E-state index in [0.29, 0.717) is 12.1 Å². The molecule has 1 saturated heterocycles. The lowest BCUT2D eigenvalue weighted by atomic mass is 9.96. The fraction of sp³-hybridized carbons (Fsp3) is 0.364. The van der Waals surface area contributed by atoms with Crippen molar-refractivity contribution in [2.75, 3.05) is 19.9 Å². The summed E-state index contributed by atoms with van der Waals surface area (Å²) in [5.41, 5.74) is 2.78. The summed E-state index contributed by atoms with van der Waals surface area (Å²) in [6.07, 6.45) is 1.90. The Bertz CT molecular complexity index is 906. The van der Waals surface area contributed by atoms with Crippen LogP contribution in [0.1, 0.15) is 29.5 Å². The second kappa shape index (κ2) is 8.32. The fourth-order valence-electron chi connectivity index (χ4n) is 3.80. The highest BCUT2D eigenvalue weighted by Crippen LogP contribution is 2.32. The van der Waals surface area contributed by atoms with Gasteiger partial charge in [0.15, 0.2) is 11.5 Å². The van der Waals surface area contributed by atoms with E-state index < -0.39 is 0 Å². The van der Waals surface area contributed by atoms with Crippen molar-refractivity contribution in [1.82, 2.24) is 10.2 Å². The number of carbonyl (C=O) groups excluding carboxylic acids is 1. The molecule has 2 aliphatic rings. The first kappa shape index (κ1) is 18.3. The average molecular weight is 377 g/mol. The maximum absolute atomic E-state index is 12.7. The van der Waals surface area contributed by atoms with Gasteiger partial charge in [-0.15, -0.1) is 0 Å². The summed E-state index contributed by atoms with van der Waals surface area (Å²) in [4.78, 5) is 15.0. The molecule has 0 spiro atoms. The van der Waals surface area contributed by atoms with Gasteiger partial charge >= 0.3 is 0 Å². The van der Waals surface area contributed by atoms with Gasteiger partial charge < -0.3 is 14.8 Å². The standard InChI is InChI=1S/C22H23N3O3/c23-11-16-3-1-4-18(9-16)13-25-8-2-5-19(14-25)22(26)24-12-17-6-7-20-21(10-17)28-15-27-20/h1,3-4,6-7,9-10,19H,2,5,8,12-15H2,(H,24,26). The molecular weight excluding hydrogens is 354 g/mol. The Morgan fingerprint density at radius 3 is 2.96 bits per heavy atom. The number of rotatable bonds is 5. The van der Waals surface area contributed by atoms with E-state index in [2.05, 4.69) is 16.3 Å². The Kier molecular flexibility index (Phi) is 5.45. The van der Waals surface area contributed by atoms with Crippen molar-refractivity contribution in [2.24, 2.45) is 5.92 Å². The fourth-order valence-corrected chi connectivity index (χ4v) is 3.80. The zero-order chi connectivity index (χ0) is 19.3. The van der Waals surface area contributed by atoms with E-state index in [1.807, 2.05) is 42.5 Å². The van der Waals surface area contributed by atoms with Crippen LogP contribution in [0.25, 0.3) is 0 Å². The van der Waals surface area contributed by atoms with E-state index in [4.69, 9.17) is 14.7 Å². The van der Waals surface area contributed by atoms with E-state index >= 15 is 0 Å². The molecule has 0 aliphatic carbocycles. The van der Waals surface area contributed by atoms with Crippen LogP contribution in [-0.2, 0) is 17.9 Å². The van der Waals surface area contributed by atoms with Gasteiger partial charge in [-0.3, -0.25) is 9.69 Å². The normalized spacial score (nSPS) is 18.5. The lowest BCUT2D eigenvalue weighted by Gasteiger charge is -2.32. The van der Waals surface area contributed by atoms with Crippen LogP contribution in [0.2, 0.25) is 0 Å². The first-order valence-electron chi connectivity index (χ1n) is 9.59.